The molecule has 3 aromatic rings. The number of hydrogen-bond donors (Lipinski definition) is 1. The van der Waals surface area contributed by atoms with E-state index in [0.29, 0.717) is 23.6 Å². The van der Waals surface area contributed by atoms with Crippen molar-refractivity contribution in [3.8, 4) is 11.8 Å². The SMILES string of the molecule is CCc1ccc(NC(=O)/C(C#N)=C\c2ccccc2OCc2ccc(I)cc2)cc1. The molecule has 3 rings (SSSR count). The summed E-state index contributed by atoms with van der Waals surface area (Å²) in [4.78, 5) is 12.6. The maximum absolute atomic E-state index is 12.6. The van der Waals surface area contributed by atoms with Crippen LogP contribution in [0, 0.1) is 14.9 Å². The molecule has 0 atom stereocenters. The molecule has 0 unspecified atom stereocenters. The van der Waals surface area contributed by atoms with Gasteiger partial charge in [-0.1, -0.05) is 49.4 Å². The van der Waals surface area contributed by atoms with Crippen LogP contribution in [0.5, 0.6) is 5.75 Å². The quantitative estimate of drug-likeness (QED) is 0.243. The summed E-state index contributed by atoms with van der Waals surface area (Å²) in [6.07, 6.45) is 2.48. The lowest BCUT2D eigenvalue weighted by molar-refractivity contribution is -0.112. The van der Waals surface area contributed by atoms with E-state index in [9.17, 15) is 10.1 Å². The molecular formula is C25H21IN2O2. The molecular weight excluding hydrogens is 487 g/mol. The second kappa shape index (κ2) is 10.6. The van der Waals surface area contributed by atoms with Gasteiger partial charge in [-0.15, -0.1) is 0 Å². The highest BCUT2D eigenvalue weighted by molar-refractivity contribution is 14.1. The van der Waals surface area contributed by atoms with E-state index >= 15 is 0 Å². The lowest BCUT2D eigenvalue weighted by Crippen LogP contribution is -2.13. The topological polar surface area (TPSA) is 62.1 Å². The molecule has 0 bridgehead atoms. The third-order valence-electron chi connectivity index (χ3n) is 4.51. The van der Waals surface area contributed by atoms with E-state index in [2.05, 4.69) is 34.8 Å². The normalized spacial score (nSPS) is 10.9. The maximum Gasteiger partial charge on any atom is 0.266 e. The van der Waals surface area contributed by atoms with Gasteiger partial charge in [-0.2, -0.15) is 5.26 Å². The van der Waals surface area contributed by atoms with Gasteiger partial charge in [0.2, 0.25) is 0 Å². The van der Waals surface area contributed by atoms with Gasteiger partial charge in [0.15, 0.2) is 0 Å². The minimum atomic E-state index is -0.450. The first kappa shape index (κ1) is 21.6. The summed E-state index contributed by atoms with van der Waals surface area (Å²) in [7, 11) is 0. The van der Waals surface area contributed by atoms with Crippen molar-refractivity contribution < 1.29 is 9.53 Å². The molecule has 0 aliphatic rings. The molecule has 3 aromatic carbocycles. The van der Waals surface area contributed by atoms with Crippen LogP contribution in [-0.4, -0.2) is 5.91 Å². The predicted molar refractivity (Wildman–Crippen MR) is 128 cm³/mol. The fourth-order valence-corrected chi connectivity index (χ4v) is 3.16. The number of amides is 1. The van der Waals surface area contributed by atoms with Crippen LogP contribution in [0.2, 0.25) is 0 Å². The molecule has 0 saturated carbocycles. The molecule has 150 valence electrons. The van der Waals surface area contributed by atoms with Crippen molar-refractivity contribution in [1.29, 1.82) is 5.26 Å². The molecule has 4 nitrogen and oxygen atoms in total. The molecule has 0 radical (unpaired) electrons. The Labute approximate surface area is 190 Å². The number of nitrogens with zero attached hydrogens (tertiary/aromatic N) is 1. The van der Waals surface area contributed by atoms with E-state index < -0.39 is 5.91 Å². The Hall–Kier alpha value is -3.11. The monoisotopic (exact) mass is 508 g/mol. The smallest absolute Gasteiger partial charge is 0.266 e. The van der Waals surface area contributed by atoms with Crippen molar-refractivity contribution >= 4 is 40.3 Å². The number of anilines is 1. The highest BCUT2D eigenvalue weighted by Crippen LogP contribution is 2.23. The number of nitrogens with one attached hydrogen (secondary N) is 1. The summed E-state index contributed by atoms with van der Waals surface area (Å²) >= 11 is 2.26. The van der Waals surface area contributed by atoms with Gasteiger partial charge in [-0.05, 0) is 76.5 Å². The van der Waals surface area contributed by atoms with Crippen molar-refractivity contribution in [2.75, 3.05) is 5.32 Å². The van der Waals surface area contributed by atoms with Gasteiger partial charge >= 0.3 is 0 Å². The minimum absolute atomic E-state index is 0.0138. The molecule has 0 aliphatic carbocycles. The van der Waals surface area contributed by atoms with Crippen LogP contribution in [0.3, 0.4) is 0 Å². The second-order valence-corrected chi connectivity index (χ2v) is 7.87. The van der Waals surface area contributed by atoms with E-state index in [4.69, 9.17) is 4.74 Å². The third kappa shape index (κ3) is 5.94. The van der Waals surface area contributed by atoms with E-state index in [1.807, 2.05) is 78.9 Å². The number of rotatable bonds is 7. The van der Waals surface area contributed by atoms with Gasteiger partial charge < -0.3 is 10.1 Å². The van der Waals surface area contributed by atoms with E-state index in [1.165, 1.54) is 5.56 Å². The fraction of sp³-hybridized carbons (Fsp3) is 0.120. The van der Waals surface area contributed by atoms with Crippen LogP contribution in [0.15, 0.2) is 78.4 Å². The largest absolute Gasteiger partial charge is 0.488 e. The molecule has 0 spiro atoms. The average Bonchev–Trinajstić information content (AvgIpc) is 2.78. The van der Waals surface area contributed by atoms with Gasteiger partial charge in [0.05, 0.1) is 0 Å². The molecule has 1 N–H and O–H groups in total. The van der Waals surface area contributed by atoms with Crippen molar-refractivity contribution in [1.82, 2.24) is 0 Å². The number of carbonyl (C=O) groups is 1. The Morgan fingerprint density at radius 3 is 2.37 bits per heavy atom. The molecule has 0 aliphatic heterocycles. The van der Waals surface area contributed by atoms with E-state index in [1.54, 1.807) is 6.08 Å². The molecule has 30 heavy (non-hydrogen) atoms. The first-order valence-corrected chi connectivity index (χ1v) is 10.6. The summed E-state index contributed by atoms with van der Waals surface area (Å²) in [5.74, 6) is 0.165. The lowest BCUT2D eigenvalue weighted by atomic mass is 10.1. The van der Waals surface area contributed by atoms with Gasteiger partial charge in [-0.25, -0.2) is 0 Å². The highest BCUT2D eigenvalue weighted by Gasteiger charge is 2.11. The van der Waals surface area contributed by atoms with E-state index in [0.717, 1.165) is 15.6 Å². The number of carbonyl (C=O) groups excluding carboxylic acids is 1. The number of hydrogen-bond acceptors (Lipinski definition) is 3. The van der Waals surface area contributed by atoms with Crippen LogP contribution < -0.4 is 10.1 Å². The van der Waals surface area contributed by atoms with Gasteiger partial charge in [0.25, 0.3) is 5.91 Å². The van der Waals surface area contributed by atoms with Gasteiger partial charge in [0.1, 0.15) is 24.0 Å². The van der Waals surface area contributed by atoms with Crippen molar-refractivity contribution in [3.63, 3.8) is 0 Å². The van der Waals surface area contributed by atoms with Crippen molar-refractivity contribution in [3.05, 3.63) is 98.6 Å². The molecule has 0 aromatic heterocycles. The van der Waals surface area contributed by atoms with Crippen LogP contribution >= 0.6 is 22.6 Å². The predicted octanol–water partition coefficient (Wildman–Crippen LogP) is 5.98. The number of para-hydroxylation sites is 1. The minimum Gasteiger partial charge on any atom is -0.488 e. The zero-order valence-corrected chi connectivity index (χ0v) is 18.7. The Morgan fingerprint density at radius 2 is 1.70 bits per heavy atom. The number of aryl methyl sites for hydroxylation is 1. The lowest BCUT2D eigenvalue weighted by Gasteiger charge is -2.10. The van der Waals surface area contributed by atoms with Crippen LogP contribution in [-0.2, 0) is 17.8 Å². The summed E-state index contributed by atoms with van der Waals surface area (Å²) in [5, 5.41) is 12.3. The average molecular weight is 508 g/mol. The Kier molecular flexibility index (Phi) is 7.63. The molecule has 0 heterocycles. The van der Waals surface area contributed by atoms with Crippen molar-refractivity contribution in [2.45, 2.75) is 20.0 Å². The number of benzene rings is 3. The highest BCUT2D eigenvalue weighted by atomic mass is 127. The van der Waals surface area contributed by atoms with Crippen LogP contribution in [0.25, 0.3) is 6.08 Å². The standard InChI is InChI=1S/C25H21IN2O2/c1-2-18-9-13-23(14-10-18)28-25(29)21(16-27)15-20-5-3-4-6-24(20)30-17-19-7-11-22(26)12-8-19/h3-15H,2,17H2,1H3,(H,28,29)/b21-15-. The van der Waals surface area contributed by atoms with Crippen molar-refractivity contribution in [2.24, 2.45) is 0 Å². The first-order valence-electron chi connectivity index (χ1n) is 9.57. The summed E-state index contributed by atoms with van der Waals surface area (Å²) in [5.41, 5.74) is 3.57. The van der Waals surface area contributed by atoms with Gasteiger partial charge in [0, 0.05) is 14.8 Å². The van der Waals surface area contributed by atoms with Crippen LogP contribution in [0.1, 0.15) is 23.6 Å². The summed E-state index contributed by atoms with van der Waals surface area (Å²) < 4.78 is 7.10. The second-order valence-electron chi connectivity index (χ2n) is 6.63. The molecule has 0 fully saturated rings. The first-order chi connectivity index (χ1) is 14.6. The maximum atomic E-state index is 12.6. The fourth-order valence-electron chi connectivity index (χ4n) is 2.80. The third-order valence-corrected chi connectivity index (χ3v) is 5.23. The molecule has 1 amide bonds. The van der Waals surface area contributed by atoms with Gasteiger partial charge in [-0.3, -0.25) is 4.79 Å². The zero-order valence-electron chi connectivity index (χ0n) is 16.6. The Morgan fingerprint density at radius 1 is 1.03 bits per heavy atom. The number of nitriles is 1. The molecule has 5 heteroatoms. The Balaban J connectivity index is 1.75. The van der Waals surface area contributed by atoms with Crippen LogP contribution in [0.4, 0.5) is 5.69 Å². The number of halogens is 1. The molecule has 0 saturated heterocycles. The zero-order chi connectivity index (χ0) is 21.3. The number of ether oxygens (including phenoxy) is 1. The Bertz CT molecular complexity index is 1080. The van der Waals surface area contributed by atoms with E-state index in [-0.39, 0.29) is 5.57 Å². The summed E-state index contributed by atoms with van der Waals surface area (Å²) in [6, 6.07) is 25.0. The summed E-state index contributed by atoms with van der Waals surface area (Å²) in [6.45, 7) is 2.47.